The summed E-state index contributed by atoms with van der Waals surface area (Å²) >= 11 is 0. The first kappa shape index (κ1) is 9.50. The van der Waals surface area contributed by atoms with Gasteiger partial charge in [-0.3, -0.25) is 4.79 Å². The Morgan fingerprint density at radius 2 is 2.45 bits per heavy atom. The largest absolute Gasteiger partial charge is 0.478 e. The van der Waals surface area contributed by atoms with Crippen molar-refractivity contribution in [3.63, 3.8) is 0 Å². The van der Waals surface area contributed by atoms with Gasteiger partial charge in [-0.05, 0) is 6.92 Å². The predicted octanol–water partition coefficient (Wildman–Crippen LogP) is 0.0260. The van der Waals surface area contributed by atoms with Crippen LogP contribution in [-0.2, 0) is 14.3 Å². The minimum atomic E-state index is -1.59. The quantitative estimate of drug-likeness (QED) is 0.460. The van der Waals surface area contributed by atoms with Crippen molar-refractivity contribution < 1.29 is 19.4 Å². The normalized spacial score (nSPS) is 14.2. The van der Waals surface area contributed by atoms with Gasteiger partial charge in [0.2, 0.25) is 5.60 Å². The zero-order valence-electron chi connectivity index (χ0n) is 6.03. The summed E-state index contributed by atoms with van der Waals surface area (Å²) in [6, 6.07) is 0. The van der Waals surface area contributed by atoms with E-state index >= 15 is 0 Å². The summed E-state index contributed by atoms with van der Waals surface area (Å²) in [4.78, 5) is 20.3. The molecule has 4 heteroatoms. The summed E-state index contributed by atoms with van der Waals surface area (Å²) in [5.74, 6) is 0.862. The van der Waals surface area contributed by atoms with E-state index in [1.165, 1.54) is 6.92 Å². The van der Waals surface area contributed by atoms with E-state index in [0.717, 1.165) is 0 Å². The van der Waals surface area contributed by atoms with Crippen LogP contribution in [0.3, 0.4) is 0 Å². The van der Waals surface area contributed by atoms with Crippen LogP contribution in [0.2, 0.25) is 0 Å². The molecular formula is C7H8O4. The molecule has 0 rings (SSSR count). The number of terminal acetylenes is 1. The number of hydrogen-bond donors (Lipinski definition) is 1. The SMILES string of the molecule is C#CCC(C)(OC=O)C(=O)O. The van der Waals surface area contributed by atoms with E-state index in [1.54, 1.807) is 0 Å². The van der Waals surface area contributed by atoms with Crippen LogP contribution in [0.15, 0.2) is 0 Å². The molecule has 0 radical (unpaired) electrons. The van der Waals surface area contributed by atoms with Gasteiger partial charge in [-0.1, -0.05) is 0 Å². The average molecular weight is 156 g/mol. The molecule has 1 atom stereocenters. The standard InChI is InChI=1S/C7H8O4/c1-3-4-7(2,6(9)10)11-5-8/h1,5H,4H2,2H3,(H,9,10). The summed E-state index contributed by atoms with van der Waals surface area (Å²) in [6.07, 6.45) is 4.74. The first-order valence-electron chi connectivity index (χ1n) is 2.85. The van der Waals surface area contributed by atoms with Crippen LogP contribution in [0, 0.1) is 12.3 Å². The van der Waals surface area contributed by atoms with Gasteiger partial charge in [-0.2, -0.15) is 0 Å². The van der Waals surface area contributed by atoms with Gasteiger partial charge in [0.05, 0.1) is 6.42 Å². The highest BCUT2D eigenvalue weighted by Gasteiger charge is 2.34. The highest BCUT2D eigenvalue weighted by Crippen LogP contribution is 2.13. The van der Waals surface area contributed by atoms with E-state index < -0.39 is 11.6 Å². The van der Waals surface area contributed by atoms with Gasteiger partial charge < -0.3 is 9.84 Å². The minimum absolute atomic E-state index is 0.0749. The number of carbonyl (C=O) groups excluding carboxylic acids is 1. The summed E-state index contributed by atoms with van der Waals surface area (Å²) in [7, 11) is 0. The average Bonchev–Trinajstić information content (AvgIpc) is 1.88. The number of ether oxygens (including phenoxy) is 1. The van der Waals surface area contributed by atoms with Gasteiger partial charge in [-0.15, -0.1) is 12.3 Å². The van der Waals surface area contributed by atoms with Gasteiger partial charge in [0.1, 0.15) is 0 Å². The predicted molar refractivity (Wildman–Crippen MR) is 36.6 cm³/mol. The Morgan fingerprint density at radius 3 is 2.73 bits per heavy atom. The molecule has 0 saturated carbocycles. The molecule has 0 aliphatic rings. The molecule has 0 fully saturated rings. The fourth-order valence-corrected chi connectivity index (χ4v) is 0.469. The lowest BCUT2D eigenvalue weighted by Crippen LogP contribution is -2.37. The Labute approximate surface area is 64.2 Å². The number of carboxylic acid groups (broad SMARTS) is 1. The zero-order valence-corrected chi connectivity index (χ0v) is 6.03. The molecule has 11 heavy (non-hydrogen) atoms. The molecule has 1 unspecified atom stereocenters. The van der Waals surface area contributed by atoms with E-state index in [4.69, 9.17) is 11.5 Å². The third-order valence-electron chi connectivity index (χ3n) is 1.20. The Hall–Kier alpha value is -1.50. The van der Waals surface area contributed by atoms with Crippen molar-refractivity contribution in [1.82, 2.24) is 0 Å². The van der Waals surface area contributed by atoms with Crippen LogP contribution < -0.4 is 0 Å². The second kappa shape index (κ2) is 3.62. The third-order valence-corrected chi connectivity index (χ3v) is 1.20. The Balaban J connectivity index is 4.39. The second-order valence-corrected chi connectivity index (χ2v) is 2.13. The molecule has 1 N–H and O–H groups in total. The maximum Gasteiger partial charge on any atom is 0.348 e. The number of carboxylic acids is 1. The van der Waals surface area contributed by atoms with Crippen molar-refractivity contribution >= 4 is 12.4 Å². The molecule has 0 aromatic rings. The first-order chi connectivity index (χ1) is 5.06. The van der Waals surface area contributed by atoms with Crippen molar-refractivity contribution in [3.8, 4) is 12.3 Å². The topological polar surface area (TPSA) is 63.6 Å². The van der Waals surface area contributed by atoms with E-state index in [0.29, 0.717) is 0 Å². The van der Waals surface area contributed by atoms with E-state index in [2.05, 4.69) is 10.7 Å². The van der Waals surface area contributed by atoms with E-state index in [-0.39, 0.29) is 12.9 Å². The Kier molecular flexibility index (Phi) is 3.12. The number of aliphatic carboxylic acids is 1. The summed E-state index contributed by atoms with van der Waals surface area (Å²) in [6.45, 7) is 1.31. The molecule has 0 aromatic heterocycles. The Morgan fingerprint density at radius 1 is 1.91 bits per heavy atom. The van der Waals surface area contributed by atoms with E-state index in [9.17, 15) is 9.59 Å². The summed E-state index contributed by atoms with van der Waals surface area (Å²) in [5, 5.41) is 8.52. The smallest absolute Gasteiger partial charge is 0.348 e. The van der Waals surface area contributed by atoms with Crippen molar-refractivity contribution in [2.75, 3.05) is 0 Å². The molecule has 0 aliphatic heterocycles. The lowest BCUT2D eigenvalue weighted by molar-refractivity contribution is -0.167. The highest BCUT2D eigenvalue weighted by atomic mass is 16.6. The molecule has 0 spiro atoms. The zero-order chi connectivity index (χ0) is 8.91. The fourth-order valence-electron chi connectivity index (χ4n) is 0.469. The minimum Gasteiger partial charge on any atom is -0.478 e. The Bertz CT molecular complexity index is 203. The van der Waals surface area contributed by atoms with Crippen molar-refractivity contribution in [1.29, 1.82) is 0 Å². The number of carbonyl (C=O) groups is 2. The maximum atomic E-state index is 10.4. The van der Waals surface area contributed by atoms with Crippen molar-refractivity contribution in [2.24, 2.45) is 0 Å². The number of hydrogen-bond acceptors (Lipinski definition) is 3. The second-order valence-electron chi connectivity index (χ2n) is 2.13. The van der Waals surface area contributed by atoms with Gasteiger partial charge in [0.15, 0.2) is 0 Å². The summed E-state index contributed by atoms with van der Waals surface area (Å²) < 4.78 is 4.31. The lowest BCUT2D eigenvalue weighted by Gasteiger charge is -2.19. The van der Waals surface area contributed by atoms with Crippen molar-refractivity contribution in [2.45, 2.75) is 18.9 Å². The van der Waals surface area contributed by atoms with Crippen LogP contribution in [0.5, 0.6) is 0 Å². The van der Waals surface area contributed by atoms with Gasteiger partial charge >= 0.3 is 5.97 Å². The third kappa shape index (κ3) is 2.30. The van der Waals surface area contributed by atoms with E-state index in [1.807, 2.05) is 0 Å². The monoisotopic (exact) mass is 156 g/mol. The number of rotatable bonds is 4. The van der Waals surface area contributed by atoms with Crippen LogP contribution >= 0.6 is 0 Å². The van der Waals surface area contributed by atoms with Gasteiger partial charge in [0, 0.05) is 0 Å². The van der Waals surface area contributed by atoms with Crippen molar-refractivity contribution in [3.05, 3.63) is 0 Å². The van der Waals surface area contributed by atoms with Crippen LogP contribution in [0.1, 0.15) is 13.3 Å². The molecule has 0 aromatic carbocycles. The van der Waals surface area contributed by atoms with Crippen LogP contribution in [-0.4, -0.2) is 23.1 Å². The molecule has 0 amide bonds. The molecule has 60 valence electrons. The lowest BCUT2D eigenvalue weighted by atomic mass is 10.0. The fraction of sp³-hybridized carbons (Fsp3) is 0.429. The molecule has 0 saturated heterocycles. The molecule has 0 bridgehead atoms. The maximum absolute atomic E-state index is 10.4. The molecule has 0 heterocycles. The molecule has 0 aliphatic carbocycles. The molecule has 4 nitrogen and oxygen atoms in total. The van der Waals surface area contributed by atoms with Gasteiger partial charge in [-0.25, -0.2) is 4.79 Å². The first-order valence-corrected chi connectivity index (χ1v) is 2.85. The summed E-state index contributed by atoms with van der Waals surface area (Å²) in [5.41, 5.74) is -1.59. The van der Waals surface area contributed by atoms with Crippen LogP contribution in [0.25, 0.3) is 0 Å². The van der Waals surface area contributed by atoms with Gasteiger partial charge in [0.25, 0.3) is 6.47 Å². The highest BCUT2D eigenvalue weighted by molar-refractivity contribution is 5.78. The molecular weight excluding hydrogens is 148 g/mol. The van der Waals surface area contributed by atoms with Crippen LogP contribution in [0.4, 0.5) is 0 Å².